The Kier molecular flexibility index (Phi) is 6.04. The molecule has 0 aromatic heterocycles. The number of carbonyl (C=O) groups excluding carboxylic acids is 3. The summed E-state index contributed by atoms with van der Waals surface area (Å²) in [5.74, 6) is -0.272. The zero-order valence-electron chi connectivity index (χ0n) is 13.3. The first kappa shape index (κ1) is 17.3. The smallest absolute Gasteiger partial charge is 0.329 e. The molecule has 1 fully saturated rings. The first-order valence-electron chi connectivity index (χ1n) is 7.56. The number of nitrogens with zero attached hydrogens (tertiary/aromatic N) is 1. The summed E-state index contributed by atoms with van der Waals surface area (Å²) in [5, 5.41) is 5.46. The number of urea groups is 1. The number of unbranched alkanes of at least 4 members (excludes halogenated alkanes) is 1. The van der Waals surface area contributed by atoms with Crippen molar-refractivity contribution in [2.75, 3.05) is 17.7 Å². The Morgan fingerprint density at radius 2 is 2.04 bits per heavy atom. The SMILES string of the molecule is CSc1ccccc1N1C(=O)N[C@@H](CCCCNC(C)=O)C1=O. The van der Waals surface area contributed by atoms with Gasteiger partial charge in [0.15, 0.2) is 0 Å². The Morgan fingerprint density at radius 1 is 1.30 bits per heavy atom. The Bertz CT molecular complexity index is 606. The van der Waals surface area contributed by atoms with Crippen molar-refractivity contribution in [2.24, 2.45) is 0 Å². The van der Waals surface area contributed by atoms with Crippen LogP contribution in [0.1, 0.15) is 26.2 Å². The molecule has 0 bridgehead atoms. The molecule has 1 aromatic rings. The lowest BCUT2D eigenvalue weighted by Gasteiger charge is -2.16. The van der Waals surface area contributed by atoms with Crippen LogP contribution in [0.5, 0.6) is 0 Å². The minimum absolute atomic E-state index is 0.0601. The van der Waals surface area contributed by atoms with Gasteiger partial charge in [0.2, 0.25) is 5.91 Å². The number of anilines is 1. The highest BCUT2D eigenvalue weighted by atomic mass is 32.2. The molecule has 0 saturated carbocycles. The van der Waals surface area contributed by atoms with Crippen LogP contribution in [0, 0.1) is 0 Å². The minimum Gasteiger partial charge on any atom is -0.356 e. The van der Waals surface area contributed by atoms with Crippen molar-refractivity contribution in [3.63, 3.8) is 0 Å². The Hall–Kier alpha value is -2.02. The highest BCUT2D eigenvalue weighted by Gasteiger charge is 2.39. The highest BCUT2D eigenvalue weighted by molar-refractivity contribution is 7.98. The van der Waals surface area contributed by atoms with Crippen molar-refractivity contribution >= 4 is 35.3 Å². The number of hydrogen-bond donors (Lipinski definition) is 2. The zero-order chi connectivity index (χ0) is 16.8. The number of para-hydroxylation sites is 1. The summed E-state index contributed by atoms with van der Waals surface area (Å²) >= 11 is 1.50. The number of hydrogen-bond acceptors (Lipinski definition) is 4. The van der Waals surface area contributed by atoms with E-state index < -0.39 is 6.04 Å². The molecule has 7 heteroatoms. The van der Waals surface area contributed by atoms with Crippen molar-refractivity contribution in [1.29, 1.82) is 0 Å². The van der Waals surface area contributed by atoms with Gasteiger partial charge in [-0.15, -0.1) is 11.8 Å². The quantitative estimate of drug-likeness (QED) is 0.455. The average Bonchev–Trinajstić information content (AvgIpc) is 2.81. The molecule has 0 aliphatic carbocycles. The van der Waals surface area contributed by atoms with Crippen LogP contribution in [0.2, 0.25) is 0 Å². The summed E-state index contributed by atoms with van der Waals surface area (Å²) in [7, 11) is 0. The third kappa shape index (κ3) is 4.25. The van der Waals surface area contributed by atoms with Gasteiger partial charge in [0.25, 0.3) is 5.91 Å². The zero-order valence-corrected chi connectivity index (χ0v) is 14.1. The molecule has 1 atom stereocenters. The predicted octanol–water partition coefficient (Wildman–Crippen LogP) is 2.14. The number of benzene rings is 1. The van der Waals surface area contributed by atoms with E-state index in [0.29, 0.717) is 18.7 Å². The fourth-order valence-electron chi connectivity index (χ4n) is 2.51. The van der Waals surface area contributed by atoms with Crippen LogP contribution in [-0.2, 0) is 9.59 Å². The van der Waals surface area contributed by atoms with E-state index in [0.717, 1.165) is 17.7 Å². The van der Waals surface area contributed by atoms with E-state index in [-0.39, 0.29) is 17.8 Å². The molecule has 1 aromatic carbocycles. The van der Waals surface area contributed by atoms with Crippen molar-refractivity contribution in [1.82, 2.24) is 10.6 Å². The van der Waals surface area contributed by atoms with Gasteiger partial charge in [-0.1, -0.05) is 12.1 Å². The minimum atomic E-state index is -0.491. The second-order valence-electron chi connectivity index (χ2n) is 5.33. The van der Waals surface area contributed by atoms with Crippen LogP contribution in [0.15, 0.2) is 29.2 Å². The Labute approximate surface area is 140 Å². The van der Waals surface area contributed by atoms with Gasteiger partial charge in [-0.2, -0.15) is 0 Å². The van der Waals surface area contributed by atoms with E-state index in [1.54, 1.807) is 6.07 Å². The van der Waals surface area contributed by atoms with Crippen LogP contribution in [0.3, 0.4) is 0 Å². The maximum Gasteiger partial charge on any atom is 0.329 e. The lowest BCUT2D eigenvalue weighted by atomic mass is 10.1. The first-order chi connectivity index (χ1) is 11.0. The maximum absolute atomic E-state index is 12.5. The van der Waals surface area contributed by atoms with E-state index in [9.17, 15) is 14.4 Å². The molecule has 0 unspecified atom stereocenters. The van der Waals surface area contributed by atoms with Gasteiger partial charge in [0.05, 0.1) is 5.69 Å². The molecule has 1 aliphatic heterocycles. The molecule has 2 rings (SSSR count). The van der Waals surface area contributed by atoms with Gasteiger partial charge in [-0.25, -0.2) is 9.69 Å². The highest BCUT2D eigenvalue weighted by Crippen LogP contribution is 2.31. The number of rotatable bonds is 7. The number of carbonyl (C=O) groups is 3. The van der Waals surface area contributed by atoms with Crippen LogP contribution in [0.25, 0.3) is 0 Å². The fourth-order valence-corrected chi connectivity index (χ4v) is 3.09. The number of imide groups is 1. The van der Waals surface area contributed by atoms with E-state index in [1.165, 1.54) is 23.6 Å². The third-order valence-electron chi connectivity index (χ3n) is 3.64. The molecule has 1 heterocycles. The fraction of sp³-hybridized carbons (Fsp3) is 0.438. The second kappa shape index (κ2) is 8.01. The molecule has 23 heavy (non-hydrogen) atoms. The summed E-state index contributed by atoms with van der Waals surface area (Å²) in [6, 6.07) is 6.51. The van der Waals surface area contributed by atoms with Gasteiger partial charge in [-0.3, -0.25) is 9.59 Å². The summed E-state index contributed by atoms with van der Waals surface area (Å²) in [6.07, 6.45) is 4.02. The number of nitrogens with one attached hydrogen (secondary N) is 2. The normalized spacial score (nSPS) is 17.3. The molecule has 4 amide bonds. The molecule has 6 nitrogen and oxygen atoms in total. The van der Waals surface area contributed by atoms with Crippen LogP contribution in [-0.4, -0.2) is 36.7 Å². The van der Waals surface area contributed by atoms with Gasteiger partial charge < -0.3 is 10.6 Å². The molecular formula is C16H21N3O3S. The molecule has 1 aliphatic rings. The Morgan fingerprint density at radius 3 is 2.74 bits per heavy atom. The summed E-state index contributed by atoms with van der Waals surface area (Å²) in [4.78, 5) is 37.6. The number of amides is 4. The van der Waals surface area contributed by atoms with Crippen LogP contribution < -0.4 is 15.5 Å². The van der Waals surface area contributed by atoms with Crippen molar-refractivity contribution in [2.45, 2.75) is 37.1 Å². The summed E-state index contributed by atoms with van der Waals surface area (Å²) < 4.78 is 0. The van der Waals surface area contributed by atoms with Gasteiger partial charge in [0.1, 0.15) is 6.04 Å². The van der Waals surface area contributed by atoms with E-state index >= 15 is 0 Å². The van der Waals surface area contributed by atoms with Gasteiger partial charge in [0, 0.05) is 18.4 Å². The standard InChI is InChI=1S/C16H21N3O3S/c1-11(20)17-10-6-5-7-12-15(21)19(16(22)18-12)13-8-3-4-9-14(13)23-2/h3-4,8-9,12H,5-7,10H2,1-2H3,(H,17,20)(H,18,22)/t12-/m0/s1. The Balaban J connectivity index is 1.96. The molecule has 124 valence electrons. The van der Waals surface area contributed by atoms with E-state index in [1.807, 2.05) is 24.5 Å². The van der Waals surface area contributed by atoms with E-state index in [2.05, 4.69) is 10.6 Å². The predicted molar refractivity (Wildman–Crippen MR) is 90.6 cm³/mol. The summed E-state index contributed by atoms with van der Waals surface area (Å²) in [6.45, 7) is 2.06. The number of thioether (sulfide) groups is 1. The molecule has 0 radical (unpaired) electrons. The maximum atomic E-state index is 12.5. The monoisotopic (exact) mass is 335 g/mol. The van der Waals surface area contributed by atoms with Gasteiger partial charge in [-0.05, 0) is 37.7 Å². The van der Waals surface area contributed by atoms with Crippen LogP contribution in [0.4, 0.5) is 10.5 Å². The van der Waals surface area contributed by atoms with Crippen molar-refractivity contribution < 1.29 is 14.4 Å². The van der Waals surface area contributed by atoms with Crippen LogP contribution >= 0.6 is 11.8 Å². The summed E-state index contributed by atoms with van der Waals surface area (Å²) in [5.41, 5.74) is 0.628. The molecular weight excluding hydrogens is 314 g/mol. The molecule has 0 spiro atoms. The third-order valence-corrected chi connectivity index (χ3v) is 4.42. The largest absolute Gasteiger partial charge is 0.356 e. The second-order valence-corrected chi connectivity index (χ2v) is 6.17. The lowest BCUT2D eigenvalue weighted by Crippen LogP contribution is -2.31. The lowest BCUT2D eigenvalue weighted by molar-refractivity contribution is -0.119. The topological polar surface area (TPSA) is 78.5 Å². The van der Waals surface area contributed by atoms with E-state index in [4.69, 9.17) is 0 Å². The van der Waals surface area contributed by atoms with Gasteiger partial charge >= 0.3 is 6.03 Å². The molecule has 1 saturated heterocycles. The first-order valence-corrected chi connectivity index (χ1v) is 8.79. The van der Waals surface area contributed by atoms with Crippen molar-refractivity contribution in [3.8, 4) is 0 Å². The van der Waals surface area contributed by atoms with Crippen molar-refractivity contribution in [3.05, 3.63) is 24.3 Å². The average molecular weight is 335 g/mol. The molecule has 2 N–H and O–H groups in total.